The van der Waals surface area contributed by atoms with E-state index in [1.807, 2.05) is 38.1 Å². The number of carbonyl (C=O) groups is 1. The molecule has 3 N–H and O–H groups in total. The van der Waals surface area contributed by atoms with E-state index in [1.54, 1.807) is 0 Å². The summed E-state index contributed by atoms with van der Waals surface area (Å²) in [4.78, 5) is 11.7. The Morgan fingerprint density at radius 1 is 1.04 bits per heavy atom. The van der Waals surface area contributed by atoms with Crippen molar-refractivity contribution < 1.29 is 4.79 Å². The van der Waals surface area contributed by atoms with Gasteiger partial charge in [0.25, 0.3) is 0 Å². The van der Waals surface area contributed by atoms with Gasteiger partial charge in [0.2, 0.25) is 0 Å². The Bertz CT molecular complexity index is 663. The van der Waals surface area contributed by atoms with Gasteiger partial charge in [-0.25, -0.2) is 4.79 Å². The van der Waals surface area contributed by atoms with Gasteiger partial charge in [0.1, 0.15) is 0 Å². The molecule has 0 saturated carbocycles. The van der Waals surface area contributed by atoms with Crippen LogP contribution < -0.4 is 16.0 Å². The second kappa shape index (κ2) is 7.68. The number of urea groups is 1. The molecule has 0 spiro atoms. The van der Waals surface area contributed by atoms with Gasteiger partial charge in [0, 0.05) is 23.1 Å². The number of para-hydroxylation sites is 1. The topological polar surface area (TPSA) is 53.2 Å². The van der Waals surface area contributed by atoms with Crippen LogP contribution in [-0.2, 0) is 6.42 Å². The Hall–Kier alpha value is -2.49. The van der Waals surface area contributed by atoms with Crippen molar-refractivity contribution in [1.82, 2.24) is 5.32 Å². The molecule has 0 unspecified atom stereocenters. The lowest BCUT2D eigenvalue weighted by Crippen LogP contribution is -2.34. The molecule has 0 fully saturated rings. The molecule has 2 aromatic carbocycles. The number of carbonyl (C=O) groups excluding carboxylic acids is 1. The van der Waals surface area contributed by atoms with Crippen molar-refractivity contribution in [2.45, 2.75) is 40.2 Å². The van der Waals surface area contributed by atoms with Crippen molar-refractivity contribution in [3.63, 3.8) is 0 Å². The van der Waals surface area contributed by atoms with Crippen LogP contribution in [0.5, 0.6) is 0 Å². The van der Waals surface area contributed by atoms with E-state index >= 15 is 0 Å². The molecule has 2 aromatic rings. The molecule has 0 atom stereocenters. The first-order valence-electron chi connectivity index (χ1n) is 8.02. The number of aryl methyl sites for hydroxylation is 2. The second-order valence-electron chi connectivity index (χ2n) is 5.92. The van der Waals surface area contributed by atoms with Crippen molar-refractivity contribution in [3.8, 4) is 0 Å². The largest absolute Gasteiger partial charge is 0.355 e. The predicted molar refractivity (Wildman–Crippen MR) is 97.6 cm³/mol. The molecule has 0 aliphatic carbocycles. The number of benzene rings is 2. The Morgan fingerprint density at radius 3 is 2.30 bits per heavy atom. The minimum Gasteiger partial charge on any atom is -0.355 e. The molecule has 4 nitrogen and oxygen atoms in total. The minimum absolute atomic E-state index is 0.115. The van der Waals surface area contributed by atoms with Crippen molar-refractivity contribution in [3.05, 3.63) is 53.6 Å². The predicted octanol–water partition coefficient (Wildman–Crippen LogP) is 4.83. The van der Waals surface area contributed by atoms with Crippen molar-refractivity contribution >= 4 is 23.1 Å². The number of nitrogens with one attached hydrogen (secondary N) is 3. The smallest absolute Gasteiger partial charge is 0.319 e. The van der Waals surface area contributed by atoms with Gasteiger partial charge in [-0.2, -0.15) is 0 Å². The normalized spacial score (nSPS) is 10.5. The van der Waals surface area contributed by atoms with Crippen molar-refractivity contribution in [2.75, 3.05) is 10.6 Å². The highest BCUT2D eigenvalue weighted by Crippen LogP contribution is 2.26. The maximum atomic E-state index is 11.7. The summed E-state index contributed by atoms with van der Waals surface area (Å²) in [7, 11) is 0. The van der Waals surface area contributed by atoms with Crippen LogP contribution in [0.4, 0.5) is 21.9 Å². The van der Waals surface area contributed by atoms with Crippen LogP contribution in [0.1, 0.15) is 31.9 Å². The third-order valence-electron chi connectivity index (χ3n) is 3.57. The number of hydrogen-bond donors (Lipinski definition) is 3. The number of rotatable bonds is 5. The average Bonchev–Trinajstić information content (AvgIpc) is 2.50. The molecule has 0 bridgehead atoms. The van der Waals surface area contributed by atoms with Crippen LogP contribution in [0, 0.1) is 6.92 Å². The quantitative estimate of drug-likeness (QED) is 0.740. The maximum Gasteiger partial charge on any atom is 0.319 e. The fourth-order valence-corrected chi connectivity index (χ4v) is 2.41. The third kappa shape index (κ3) is 4.74. The summed E-state index contributed by atoms with van der Waals surface area (Å²) in [6.45, 7) is 8.12. The summed E-state index contributed by atoms with van der Waals surface area (Å²) in [5.74, 6) is 0. The SMILES string of the molecule is CCc1cccc(C)c1Nc1ccc(NC(=O)NC(C)C)cc1. The lowest BCUT2D eigenvalue weighted by atomic mass is 10.1. The first-order chi connectivity index (χ1) is 11.0. The van der Waals surface area contributed by atoms with E-state index < -0.39 is 0 Å². The van der Waals surface area contributed by atoms with E-state index in [2.05, 4.69) is 48.0 Å². The monoisotopic (exact) mass is 311 g/mol. The molecule has 0 aliphatic rings. The van der Waals surface area contributed by atoms with E-state index in [0.29, 0.717) is 0 Å². The van der Waals surface area contributed by atoms with Gasteiger partial charge < -0.3 is 16.0 Å². The summed E-state index contributed by atoms with van der Waals surface area (Å²) in [6.07, 6.45) is 0.985. The van der Waals surface area contributed by atoms with E-state index in [-0.39, 0.29) is 12.1 Å². The van der Waals surface area contributed by atoms with Crippen LogP contribution >= 0.6 is 0 Å². The lowest BCUT2D eigenvalue weighted by molar-refractivity contribution is 0.250. The van der Waals surface area contributed by atoms with Crippen LogP contribution in [0.2, 0.25) is 0 Å². The minimum atomic E-state index is -0.187. The lowest BCUT2D eigenvalue weighted by Gasteiger charge is -2.15. The highest BCUT2D eigenvalue weighted by molar-refractivity contribution is 5.89. The second-order valence-corrected chi connectivity index (χ2v) is 5.92. The summed E-state index contributed by atoms with van der Waals surface area (Å²) in [5.41, 5.74) is 5.46. The van der Waals surface area contributed by atoms with Gasteiger partial charge in [0.05, 0.1) is 0 Å². The molecule has 23 heavy (non-hydrogen) atoms. The summed E-state index contributed by atoms with van der Waals surface area (Å²) in [6, 6.07) is 14.0. The zero-order valence-electron chi connectivity index (χ0n) is 14.2. The molecule has 2 rings (SSSR count). The highest BCUT2D eigenvalue weighted by Gasteiger charge is 2.06. The van der Waals surface area contributed by atoms with E-state index in [1.165, 1.54) is 11.1 Å². The van der Waals surface area contributed by atoms with Crippen molar-refractivity contribution in [1.29, 1.82) is 0 Å². The first-order valence-corrected chi connectivity index (χ1v) is 8.02. The third-order valence-corrected chi connectivity index (χ3v) is 3.57. The van der Waals surface area contributed by atoms with Gasteiger partial charge in [-0.3, -0.25) is 0 Å². The Labute approximate surface area is 138 Å². The van der Waals surface area contributed by atoms with E-state index in [9.17, 15) is 4.79 Å². The molecule has 122 valence electrons. The number of anilines is 3. The summed E-state index contributed by atoms with van der Waals surface area (Å²) < 4.78 is 0. The Morgan fingerprint density at radius 2 is 1.70 bits per heavy atom. The van der Waals surface area contributed by atoms with Gasteiger partial charge in [-0.1, -0.05) is 25.1 Å². The van der Waals surface area contributed by atoms with E-state index in [0.717, 1.165) is 23.5 Å². The molecular weight excluding hydrogens is 286 g/mol. The molecule has 4 heteroatoms. The molecule has 2 amide bonds. The van der Waals surface area contributed by atoms with Crippen LogP contribution in [0.15, 0.2) is 42.5 Å². The Balaban J connectivity index is 2.07. The van der Waals surface area contributed by atoms with Crippen molar-refractivity contribution in [2.24, 2.45) is 0 Å². The fraction of sp³-hybridized carbons (Fsp3) is 0.316. The van der Waals surface area contributed by atoms with Crippen LogP contribution in [-0.4, -0.2) is 12.1 Å². The van der Waals surface area contributed by atoms with Gasteiger partial charge >= 0.3 is 6.03 Å². The summed E-state index contributed by atoms with van der Waals surface area (Å²) in [5, 5.41) is 9.10. The standard InChI is InChI=1S/C19H25N3O/c1-5-15-8-6-7-14(4)18(15)21-16-9-11-17(12-10-16)22-19(23)20-13(2)3/h6-13,21H,5H2,1-4H3,(H2,20,22,23). The summed E-state index contributed by atoms with van der Waals surface area (Å²) >= 11 is 0. The van der Waals surface area contributed by atoms with Crippen LogP contribution in [0.25, 0.3) is 0 Å². The molecule has 0 aromatic heterocycles. The van der Waals surface area contributed by atoms with Gasteiger partial charge in [0.15, 0.2) is 0 Å². The van der Waals surface area contributed by atoms with E-state index in [4.69, 9.17) is 0 Å². The first kappa shape index (κ1) is 16.9. The van der Waals surface area contributed by atoms with Gasteiger partial charge in [-0.15, -0.1) is 0 Å². The molecule has 0 heterocycles. The average molecular weight is 311 g/mol. The molecule has 0 aliphatic heterocycles. The zero-order chi connectivity index (χ0) is 16.8. The Kier molecular flexibility index (Phi) is 5.63. The maximum absolute atomic E-state index is 11.7. The zero-order valence-corrected chi connectivity index (χ0v) is 14.2. The molecule has 0 saturated heterocycles. The number of amides is 2. The number of hydrogen-bond acceptors (Lipinski definition) is 2. The fourth-order valence-electron chi connectivity index (χ4n) is 2.41. The molecular formula is C19H25N3O. The van der Waals surface area contributed by atoms with Crippen LogP contribution in [0.3, 0.4) is 0 Å². The molecule has 0 radical (unpaired) electrons. The highest BCUT2D eigenvalue weighted by atomic mass is 16.2. The van der Waals surface area contributed by atoms with Gasteiger partial charge in [-0.05, 0) is 62.6 Å².